The molecule has 0 aliphatic heterocycles. The third-order valence-electron chi connectivity index (χ3n) is 6.78. The molecule has 0 N–H and O–H groups in total. The lowest BCUT2D eigenvalue weighted by Crippen LogP contribution is -2.26. The van der Waals surface area contributed by atoms with E-state index in [0.29, 0.717) is 23.7 Å². The Balaban J connectivity index is 1.81. The van der Waals surface area contributed by atoms with Crippen LogP contribution in [0.25, 0.3) is 22.6 Å². The molecule has 0 unspecified atom stereocenters. The van der Waals surface area contributed by atoms with Gasteiger partial charge in [-0.15, -0.1) is 0 Å². The van der Waals surface area contributed by atoms with Crippen molar-refractivity contribution in [3.8, 4) is 22.6 Å². The highest BCUT2D eigenvalue weighted by atomic mass is 35.5. The largest absolute Gasteiger partial charge is 0.326 e. The Morgan fingerprint density at radius 3 is 2.11 bits per heavy atom. The van der Waals surface area contributed by atoms with Crippen molar-refractivity contribution in [1.82, 2.24) is 14.5 Å². The number of aromatic nitrogens is 2. The second-order valence-corrected chi connectivity index (χ2v) is 9.99. The first-order valence-corrected chi connectivity index (χ1v) is 13.9. The van der Waals surface area contributed by atoms with Gasteiger partial charge in [0.2, 0.25) is 0 Å². The van der Waals surface area contributed by atoms with E-state index in [1.807, 2.05) is 12.1 Å². The minimum absolute atomic E-state index is 0.251. The van der Waals surface area contributed by atoms with Crippen molar-refractivity contribution in [3.05, 3.63) is 101 Å². The lowest BCUT2D eigenvalue weighted by molar-refractivity contribution is 0.243. The number of unbranched alkanes of at least 4 members (excludes halogenated alkanes) is 3. The summed E-state index contributed by atoms with van der Waals surface area (Å²) < 4.78 is 17.2. The molecular weight excluding hydrogens is 481 g/mol. The molecule has 194 valence electrons. The zero-order valence-corrected chi connectivity index (χ0v) is 22.7. The molecule has 0 aliphatic carbocycles. The summed E-state index contributed by atoms with van der Waals surface area (Å²) in [5.41, 5.74) is 4.94. The van der Waals surface area contributed by atoms with E-state index in [0.717, 1.165) is 67.8 Å². The lowest BCUT2D eigenvalue weighted by atomic mass is 10.1. The third kappa shape index (κ3) is 6.88. The first-order chi connectivity index (χ1) is 18.1. The highest BCUT2D eigenvalue weighted by Crippen LogP contribution is 2.32. The molecule has 37 heavy (non-hydrogen) atoms. The zero-order valence-electron chi connectivity index (χ0n) is 22.0. The van der Waals surface area contributed by atoms with Gasteiger partial charge in [0.1, 0.15) is 11.6 Å². The number of hydrogen-bond donors (Lipinski definition) is 0. The first-order valence-electron chi connectivity index (χ1n) is 13.5. The van der Waals surface area contributed by atoms with Gasteiger partial charge in [-0.3, -0.25) is 4.90 Å². The molecule has 0 amide bonds. The topological polar surface area (TPSA) is 21.1 Å². The van der Waals surface area contributed by atoms with Gasteiger partial charge in [0.05, 0.1) is 11.4 Å². The van der Waals surface area contributed by atoms with E-state index in [1.165, 1.54) is 11.8 Å². The van der Waals surface area contributed by atoms with E-state index in [1.54, 1.807) is 12.1 Å². The van der Waals surface area contributed by atoms with Crippen LogP contribution in [0, 0.1) is 5.82 Å². The van der Waals surface area contributed by atoms with Crippen molar-refractivity contribution < 1.29 is 4.39 Å². The fourth-order valence-corrected chi connectivity index (χ4v) is 4.98. The lowest BCUT2D eigenvalue weighted by Gasteiger charge is -2.25. The second kappa shape index (κ2) is 13.6. The summed E-state index contributed by atoms with van der Waals surface area (Å²) in [7, 11) is 0. The van der Waals surface area contributed by atoms with Crippen molar-refractivity contribution in [1.29, 1.82) is 0 Å². The van der Waals surface area contributed by atoms with Gasteiger partial charge in [0.25, 0.3) is 0 Å². The zero-order chi connectivity index (χ0) is 26.0. The Labute approximate surface area is 225 Å². The molecule has 0 saturated heterocycles. The molecule has 3 aromatic carbocycles. The van der Waals surface area contributed by atoms with Crippen molar-refractivity contribution in [2.45, 2.75) is 65.6 Å². The van der Waals surface area contributed by atoms with E-state index in [-0.39, 0.29) is 5.82 Å². The summed E-state index contributed by atoms with van der Waals surface area (Å²) >= 11 is 6.45. The Bertz CT molecular complexity index is 1230. The fraction of sp³-hybridized carbons (Fsp3) is 0.344. The molecule has 0 radical (unpaired) electrons. The van der Waals surface area contributed by atoms with Crippen LogP contribution >= 0.6 is 11.6 Å². The van der Waals surface area contributed by atoms with Crippen LogP contribution in [0.1, 0.15) is 57.2 Å². The summed E-state index contributed by atoms with van der Waals surface area (Å²) in [5, 5.41) is 0.478. The highest BCUT2D eigenvalue weighted by Gasteiger charge is 2.22. The summed E-state index contributed by atoms with van der Waals surface area (Å²) in [6.45, 7) is 7.30. The normalized spacial score (nSPS) is 11.4. The molecule has 0 fully saturated rings. The third-order valence-corrected chi connectivity index (χ3v) is 7.14. The van der Waals surface area contributed by atoms with Crippen molar-refractivity contribution in [2.75, 3.05) is 6.54 Å². The molecule has 4 aromatic rings. The van der Waals surface area contributed by atoms with Crippen LogP contribution in [0.2, 0.25) is 5.02 Å². The van der Waals surface area contributed by atoms with Crippen LogP contribution in [0.4, 0.5) is 4.39 Å². The summed E-state index contributed by atoms with van der Waals surface area (Å²) in [4.78, 5) is 7.56. The standard InChI is InChI=1S/C32H37ClFN3/c1-3-5-13-22-37-30(24-36(21-6-4-2)23-27-28(33)19-14-20-29(27)34)31(25-15-9-7-10-16-25)35-32(37)26-17-11-8-12-18-26/h7-12,14-20H,3-6,13,21-24H2,1-2H3. The Kier molecular flexibility index (Phi) is 9.92. The minimum atomic E-state index is -0.251. The van der Waals surface area contributed by atoms with Crippen LogP contribution in [0.15, 0.2) is 78.9 Å². The van der Waals surface area contributed by atoms with Crippen LogP contribution in [0.5, 0.6) is 0 Å². The van der Waals surface area contributed by atoms with Crippen molar-refractivity contribution in [2.24, 2.45) is 0 Å². The number of halogens is 2. The Morgan fingerprint density at radius 2 is 1.46 bits per heavy atom. The SMILES string of the molecule is CCCCCn1c(-c2ccccc2)nc(-c2ccccc2)c1CN(CCCC)Cc1c(F)cccc1Cl. The summed E-state index contributed by atoms with van der Waals surface area (Å²) in [6.07, 6.45) is 5.50. The van der Waals surface area contributed by atoms with Crippen molar-refractivity contribution >= 4 is 11.6 Å². The van der Waals surface area contributed by atoms with E-state index in [9.17, 15) is 4.39 Å². The van der Waals surface area contributed by atoms with Gasteiger partial charge >= 0.3 is 0 Å². The maximum absolute atomic E-state index is 14.8. The quantitative estimate of drug-likeness (QED) is 0.165. The van der Waals surface area contributed by atoms with Crippen LogP contribution in [-0.2, 0) is 19.6 Å². The van der Waals surface area contributed by atoms with Crippen molar-refractivity contribution in [3.63, 3.8) is 0 Å². The molecule has 0 saturated carbocycles. The summed E-state index contributed by atoms with van der Waals surface area (Å²) in [6, 6.07) is 25.8. The van der Waals surface area contributed by atoms with Crippen LogP contribution in [-0.4, -0.2) is 21.0 Å². The monoisotopic (exact) mass is 517 g/mol. The summed E-state index contributed by atoms with van der Waals surface area (Å²) in [5.74, 6) is 0.739. The number of imidazole rings is 1. The van der Waals surface area contributed by atoms with Gasteiger partial charge in [-0.25, -0.2) is 9.37 Å². The molecule has 4 rings (SSSR count). The average molecular weight is 518 g/mol. The molecule has 3 nitrogen and oxygen atoms in total. The average Bonchev–Trinajstić information content (AvgIpc) is 3.28. The number of benzene rings is 3. The Morgan fingerprint density at radius 1 is 0.784 bits per heavy atom. The molecule has 0 bridgehead atoms. The van der Waals surface area contributed by atoms with Gasteiger partial charge in [0.15, 0.2) is 0 Å². The molecule has 5 heteroatoms. The highest BCUT2D eigenvalue weighted by molar-refractivity contribution is 6.31. The van der Waals surface area contributed by atoms with E-state index in [4.69, 9.17) is 16.6 Å². The smallest absolute Gasteiger partial charge is 0.140 e. The first kappa shape index (κ1) is 27.1. The van der Waals surface area contributed by atoms with Gasteiger partial charge in [-0.2, -0.15) is 0 Å². The number of nitrogens with zero attached hydrogens (tertiary/aromatic N) is 3. The number of hydrogen-bond acceptors (Lipinski definition) is 2. The van der Waals surface area contributed by atoms with Gasteiger partial charge in [-0.1, -0.05) is 111 Å². The molecule has 1 aromatic heterocycles. The second-order valence-electron chi connectivity index (χ2n) is 9.59. The predicted molar refractivity (Wildman–Crippen MR) is 153 cm³/mol. The maximum Gasteiger partial charge on any atom is 0.140 e. The van der Waals surface area contributed by atoms with Crippen LogP contribution < -0.4 is 0 Å². The molecule has 0 aliphatic rings. The molecule has 1 heterocycles. The van der Waals surface area contributed by atoms with E-state index >= 15 is 0 Å². The van der Waals surface area contributed by atoms with Gasteiger partial charge < -0.3 is 4.57 Å². The van der Waals surface area contributed by atoms with Gasteiger partial charge in [0, 0.05) is 41.3 Å². The predicted octanol–water partition coefficient (Wildman–Crippen LogP) is 9.00. The molecular formula is C32H37ClFN3. The van der Waals surface area contributed by atoms with Crippen LogP contribution in [0.3, 0.4) is 0 Å². The number of rotatable bonds is 13. The minimum Gasteiger partial charge on any atom is -0.326 e. The molecule has 0 spiro atoms. The fourth-order valence-electron chi connectivity index (χ4n) is 4.76. The Hall–Kier alpha value is -2.95. The molecule has 0 atom stereocenters. The van der Waals surface area contributed by atoms with Gasteiger partial charge in [-0.05, 0) is 31.5 Å². The maximum atomic E-state index is 14.8. The van der Waals surface area contributed by atoms with E-state index < -0.39 is 0 Å². The van der Waals surface area contributed by atoms with E-state index in [2.05, 4.69) is 71.8 Å².